The highest BCUT2D eigenvalue weighted by atomic mass is 35.5. The summed E-state index contributed by atoms with van der Waals surface area (Å²) in [7, 11) is 0. The molecule has 0 bridgehead atoms. The van der Waals surface area contributed by atoms with Gasteiger partial charge in [0.1, 0.15) is 11.3 Å². The fourth-order valence-electron chi connectivity index (χ4n) is 4.15. The highest BCUT2D eigenvalue weighted by Gasteiger charge is 2.16. The summed E-state index contributed by atoms with van der Waals surface area (Å²) in [4.78, 5) is 21.6. The number of nitrogens with two attached hydrogens (primary N) is 1. The van der Waals surface area contributed by atoms with Crippen molar-refractivity contribution in [3.8, 4) is 0 Å². The number of hydrogen-bond donors (Lipinski definition) is 3. The van der Waals surface area contributed by atoms with Gasteiger partial charge in [-0.05, 0) is 37.0 Å². The van der Waals surface area contributed by atoms with E-state index in [9.17, 15) is 4.79 Å². The van der Waals surface area contributed by atoms with Gasteiger partial charge in [-0.2, -0.15) is 0 Å². The standard InChI is InChI=1S/C26H31ClN6O.2H2/c1-2-3-14-22-32-23-24(19-11-5-7-13-21(19)31-25(23)28)33(22)16-9-8-15-29-26(34)30-17-18-10-4-6-12-20(18)27;;/h4-7,10-13H,2-3,8-9,14-17H2,1H3,(H2,28,31)(H2,29,30,34);2*1H. The van der Waals surface area contributed by atoms with Gasteiger partial charge in [0.2, 0.25) is 0 Å². The lowest BCUT2D eigenvalue weighted by atomic mass is 10.2. The molecular formula is C26H35ClN6O. The molecule has 2 aromatic heterocycles. The minimum atomic E-state index is -0.193. The lowest BCUT2D eigenvalue weighted by molar-refractivity contribution is 0.240. The van der Waals surface area contributed by atoms with Gasteiger partial charge in [0, 0.05) is 39.3 Å². The van der Waals surface area contributed by atoms with Crippen LogP contribution < -0.4 is 16.4 Å². The highest BCUT2D eigenvalue weighted by molar-refractivity contribution is 6.31. The molecule has 7 nitrogen and oxygen atoms in total. The van der Waals surface area contributed by atoms with E-state index in [0.29, 0.717) is 23.9 Å². The van der Waals surface area contributed by atoms with Crippen LogP contribution in [0.25, 0.3) is 21.9 Å². The number of para-hydroxylation sites is 1. The molecule has 4 rings (SSSR count). The van der Waals surface area contributed by atoms with Gasteiger partial charge in [0.05, 0.1) is 11.0 Å². The van der Waals surface area contributed by atoms with Gasteiger partial charge >= 0.3 is 6.03 Å². The third-order valence-electron chi connectivity index (χ3n) is 5.93. The van der Waals surface area contributed by atoms with Crippen molar-refractivity contribution >= 4 is 45.4 Å². The second-order valence-corrected chi connectivity index (χ2v) is 8.81. The van der Waals surface area contributed by atoms with E-state index in [0.717, 1.165) is 72.0 Å². The van der Waals surface area contributed by atoms with Gasteiger partial charge in [-0.1, -0.05) is 61.3 Å². The molecule has 2 aromatic carbocycles. The number of pyridine rings is 1. The lowest BCUT2D eigenvalue weighted by Gasteiger charge is -2.12. The van der Waals surface area contributed by atoms with E-state index >= 15 is 0 Å². The maximum atomic E-state index is 12.1. The normalized spacial score (nSPS) is 11.2. The lowest BCUT2D eigenvalue weighted by Crippen LogP contribution is -2.35. The number of amides is 2. The summed E-state index contributed by atoms with van der Waals surface area (Å²) in [5.74, 6) is 1.52. The average Bonchev–Trinajstić information content (AvgIpc) is 3.21. The summed E-state index contributed by atoms with van der Waals surface area (Å²) in [5, 5.41) is 7.50. The van der Waals surface area contributed by atoms with E-state index in [4.69, 9.17) is 22.3 Å². The minimum absolute atomic E-state index is 0. The van der Waals surface area contributed by atoms with Crippen LogP contribution in [0.5, 0.6) is 0 Å². The number of fused-ring (bicyclic) bond motifs is 3. The van der Waals surface area contributed by atoms with Crippen molar-refractivity contribution in [2.75, 3.05) is 12.3 Å². The molecule has 8 heteroatoms. The number of carbonyl (C=O) groups excluding carboxylic acids is 1. The molecule has 2 amide bonds. The van der Waals surface area contributed by atoms with Crippen molar-refractivity contribution in [2.45, 2.75) is 52.1 Å². The smallest absolute Gasteiger partial charge is 0.315 e. The Morgan fingerprint density at radius 1 is 1.06 bits per heavy atom. The number of aromatic nitrogens is 3. The number of unbranched alkanes of at least 4 members (excludes halogenated alkanes) is 2. The Kier molecular flexibility index (Phi) is 7.85. The molecule has 4 aromatic rings. The first-order chi connectivity index (χ1) is 16.6. The zero-order chi connectivity index (χ0) is 23.9. The van der Waals surface area contributed by atoms with Crippen molar-refractivity contribution in [3.05, 3.63) is 64.9 Å². The molecule has 0 saturated carbocycles. The Morgan fingerprint density at radius 2 is 1.85 bits per heavy atom. The van der Waals surface area contributed by atoms with Crippen LogP contribution in [0.3, 0.4) is 0 Å². The molecule has 0 aliphatic carbocycles. The van der Waals surface area contributed by atoms with Crippen LogP contribution in [0, 0.1) is 0 Å². The number of anilines is 1. The van der Waals surface area contributed by atoms with Crippen LogP contribution >= 0.6 is 11.6 Å². The van der Waals surface area contributed by atoms with Gasteiger partial charge < -0.3 is 20.9 Å². The third kappa shape index (κ3) is 5.42. The molecule has 0 radical (unpaired) electrons. The first kappa shape index (κ1) is 23.8. The molecular weight excluding hydrogens is 448 g/mol. The fourth-order valence-corrected chi connectivity index (χ4v) is 4.35. The molecule has 0 atom stereocenters. The summed E-state index contributed by atoms with van der Waals surface area (Å²) in [6.45, 7) is 3.98. The number of nitrogen functional groups attached to an aromatic ring is 1. The van der Waals surface area contributed by atoms with Crippen LogP contribution in [0.1, 0.15) is 46.8 Å². The van der Waals surface area contributed by atoms with Crippen LogP contribution in [-0.2, 0) is 19.5 Å². The van der Waals surface area contributed by atoms with E-state index < -0.39 is 0 Å². The van der Waals surface area contributed by atoms with Gasteiger partial charge in [-0.15, -0.1) is 0 Å². The molecule has 0 unspecified atom stereocenters. The van der Waals surface area contributed by atoms with Crippen LogP contribution in [-0.4, -0.2) is 27.1 Å². The highest BCUT2D eigenvalue weighted by Crippen LogP contribution is 2.29. The van der Waals surface area contributed by atoms with Crippen molar-refractivity contribution in [1.82, 2.24) is 25.2 Å². The SMILES string of the molecule is CCCCc1nc2c(N)nc3ccccc3c2n1CCCCNC(=O)NCc1ccccc1Cl.[HH].[HH]. The molecule has 0 saturated heterocycles. The summed E-state index contributed by atoms with van der Waals surface area (Å²) in [6.07, 6.45) is 4.84. The zero-order valence-electron chi connectivity index (χ0n) is 19.5. The molecule has 2 heterocycles. The second-order valence-electron chi connectivity index (χ2n) is 8.40. The summed E-state index contributed by atoms with van der Waals surface area (Å²) in [6, 6.07) is 15.4. The largest absolute Gasteiger partial charge is 0.382 e. The van der Waals surface area contributed by atoms with Crippen LogP contribution in [0.2, 0.25) is 5.02 Å². The van der Waals surface area contributed by atoms with Crippen molar-refractivity contribution in [1.29, 1.82) is 0 Å². The maximum absolute atomic E-state index is 12.1. The minimum Gasteiger partial charge on any atom is -0.382 e. The van der Waals surface area contributed by atoms with Crippen LogP contribution in [0.4, 0.5) is 10.6 Å². The Labute approximate surface area is 207 Å². The summed E-state index contributed by atoms with van der Waals surface area (Å²) < 4.78 is 2.29. The maximum Gasteiger partial charge on any atom is 0.315 e. The van der Waals surface area contributed by atoms with E-state index in [1.54, 1.807) is 0 Å². The van der Waals surface area contributed by atoms with Crippen molar-refractivity contribution in [2.24, 2.45) is 0 Å². The molecule has 4 N–H and O–H groups in total. The number of urea groups is 1. The number of carbonyl (C=O) groups is 1. The fraction of sp³-hybridized carbons (Fsp3) is 0.346. The van der Waals surface area contributed by atoms with Crippen molar-refractivity contribution in [3.63, 3.8) is 0 Å². The number of imidazole rings is 1. The number of aryl methyl sites for hydroxylation is 2. The first-order valence-corrected chi connectivity index (χ1v) is 12.2. The Hall–Kier alpha value is -3.32. The van der Waals surface area contributed by atoms with Gasteiger partial charge in [0.15, 0.2) is 5.82 Å². The van der Waals surface area contributed by atoms with Crippen molar-refractivity contribution < 1.29 is 7.65 Å². The molecule has 0 fully saturated rings. The quantitative estimate of drug-likeness (QED) is 0.244. The Bertz CT molecular complexity index is 1300. The Balaban J connectivity index is 0.00000228. The zero-order valence-corrected chi connectivity index (χ0v) is 20.2. The molecule has 0 aliphatic heterocycles. The summed E-state index contributed by atoms with van der Waals surface area (Å²) >= 11 is 6.14. The van der Waals surface area contributed by atoms with E-state index in [-0.39, 0.29) is 8.88 Å². The number of halogens is 1. The number of nitrogens with one attached hydrogen (secondary N) is 2. The number of rotatable bonds is 10. The molecule has 0 aliphatic rings. The number of benzene rings is 2. The first-order valence-electron chi connectivity index (χ1n) is 11.9. The number of nitrogens with zero attached hydrogens (tertiary/aromatic N) is 3. The average molecular weight is 483 g/mol. The third-order valence-corrected chi connectivity index (χ3v) is 6.30. The predicted octanol–water partition coefficient (Wildman–Crippen LogP) is 5.93. The topological polar surface area (TPSA) is 97.9 Å². The van der Waals surface area contributed by atoms with E-state index in [1.807, 2.05) is 42.5 Å². The summed E-state index contributed by atoms with van der Waals surface area (Å²) in [5.41, 5.74) is 9.89. The second kappa shape index (κ2) is 11.2. The number of hydrogen-bond acceptors (Lipinski definition) is 4. The van der Waals surface area contributed by atoms with Gasteiger partial charge in [-0.3, -0.25) is 0 Å². The Morgan fingerprint density at radius 3 is 2.68 bits per heavy atom. The monoisotopic (exact) mass is 482 g/mol. The van der Waals surface area contributed by atoms with E-state index in [2.05, 4.69) is 33.2 Å². The van der Waals surface area contributed by atoms with Gasteiger partial charge in [-0.25, -0.2) is 14.8 Å². The van der Waals surface area contributed by atoms with Crippen LogP contribution in [0.15, 0.2) is 48.5 Å². The van der Waals surface area contributed by atoms with E-state index in [1.165, 1.54) is 0 Å². The van der Waals surface area contributed by atoms with Gasteiger partial charge in [0.25, 0.3) is 0 Å². The molecule has 0 spiro atoms. The molecule has 182 valence electrons. The molecule has 34 heavy (non-hydrogen) atoms. The predicted molar refractivity (Wildman–Crippen MR) is 143 cm³/mol.